The molecule has 0 aromatic heterocycles. The Morgan fingerprint density at radius 1 is 0.850 bits per heavy atom. The van der Waals surface area contributed by atoms with Crippen LogP contribution >= 0.6 is 0 Å². The van der Waals surface area contributed by atoms with Crippen LogP contribution in [0.2, 0.25) is 0 Å². The van der Waals surface area contributed by atoms with Crippen molar-refractivity contribution in [3.05, 3.63) is 48.5 Å². The van der Waals surface area contributed by atoms with Crippen LogP contribution < -0.4 is 5.73 Å². The van der Waals surface area contributed by atoms with Crippen molar-refractivity contribution in [2.45, 2.75) is 4.90 Å². The van der Waals surface area contributed by atoms with Crippen LogP contribution in [0.25, 0.3) is 0 Å². The van der Waals surface area contributed by atoms with E-state index >= 15 is 0 Å². The second kappa shape index (κ2) is 6.96. The van der Waals surface area contributed by atoms with Gasteiger partial charge in [-0.3, -0.25) is 4.55 Å². The molecule has 2 aromatic rings. The molecule has 0 aliphatic heterocycles. The standard InChI is InChI=1S/C12H11N3O3S.Na.H/c13-9-1-3-10(4-2-9)14-15-11-5-7-12(8-6-11)19(16,17)18;;/h1-8H,13H2,(H,16,17,18);;. The van der Waals surface area contributed by atoms with Gasteiger partial charge in [-0.15, -0.1) is 0 Å². The molecule has 0 saturated heterocycles. The summed E-state index contributed by atoms with van der Waals surface area (Å²) in [5, 5.41) is 7.90. The molecule has 0 bridgehead atoms. The molecule has 0 spiro atoms. The van der Waals surface area contributed by atoms with Gasteiger partial charge < -0.3 is 5.73 Å². The Bertz CT molecular complexity index is 698. The molecule has 0 radical (unpaired) electrons. The molecule has 0 saturated carbocycles. The zero-order valence-electron chi connectivity index (χ0n) is 9.76. The number of hydrogen-bond donors (Lipinski definition) is 2. The molecule has 20 heavy (non-hydrogen) atoms. The van der Waals surface area contributed by atoms with Gasteiger partial charge >= 0.3 is 29.6 Å². The van der Waals surface area contributed by atoms with Crippen LogP contribution in [-0.4, -0.2) is 42.5 Å². The van der Waals surface area contributed by atoms with E-state index in [0.717, 1.165) is 0 Å². The van der Waals surface area contributed by atoms with Crippen molar-refractivity contribution >= 4 is 56.7 Å². The first-order chi connectivity index (χ1) is 8.95. The Morgan fingerprint density at radius 3 is 1.65 bits per heavy atom. The average molecular weight is 301 g/mol. The van der Waals surface area contributed by atoms with Crippen molar-refractivity contribution in [1.29, 1.82) is 0 Å². The average Bonchev–Trinajstić information content (AvgIpc) is 2.37. The van der Waals surface area contributed by atoms with Crippen LogP contribution in [-0.2, 0) is 10.1 Å². The molecule has 0 aliphatic rings. The van der Waals surface area contributed by atoms with Crippen molar-refractivity contribution in [2.75, 3.05) is 5.73 Å². The number of hydrogen-bond acceptors (Lipinski definition) is 5. The molecule has 100 valence electrons. The van der Waals surface area contributed by atoms with Gasteiger partial charge in [0.1, 0.15) is 0 Å². The fraction of sp³-hybridized carbons (Fsp3) is 0. The van der Waals surface area contributed by atoms with E-state index in [9.17, 15) is 8.42 Å². The fourth-order valence-electron chi connectivity index (χ4n) is 1.34. The van der Waals surface area contributed by atoms with Crippen LogP contribution in [0.4, 0.5) is 17.1 Å². The third-order valence-corrected chi connectivity index (χ3v) is 3.18. The Balaban J connectivity index is 0.00000200. The van der Waals surface area contributed by atoms with E-state index in [1.54, 1.807) is 24.3 Å². The number of azo groups is 1. The van der Waals surface area contributed by atoms with Gasteiger partial charge in [-0.25, -0.2) is 0 Å². The quantitative estimate of drug-likeness (QED) is 0.392. The number of anilines is 1. The van der Waals surface area contributed by atoms with E-state index in [2.05, 4.69) is 10.2 Å². The molecule has 2 rings (SSSR count). The first-order valence-electron chi connectivity index (χ1n) is 5.30. The molecule has 0 fully saturated rings. The minimum absolute atomic E-state index is 0. The zero-order valence-corrected chi connectivity index (χ0v) is 10.6. The van der Waals surface area contributed by atoms with Gasteiger partial charge in [-0.2, -0.15) is 18.6 Å². The Hall–Kier alpha value is -1.25. The van der Waals surface area contributed by atoms with Crippen LogP contribution in [0.15, 0.2) is 63.7 Å². The zero-order chi connectivity index (χ0) is 13.9. The molecule has 0 atom stereocenters. The summed E-state index contributed by atoms with van der Waals surface area (Å²) < 4.78 is 30.5. The van der Waals surface area contributed by atoms with Gasteiger partial charge in [-0.05, 0) is 48.5 Å². The third-order valence-electron chi connectivity index (χ3n) is 2.31. The molecule has 0 amide bonds. The van der Waals surface area contributed by atoms with Crippen molar-refractivity contribution in [1.82, 2.24) is 0 Å². The van der Waals surface area contributed by atoms with E-state index < -0.39 is 10.1 Å². The predicted molar refractivity (Wildman–Crippen MR) is 78.4 cm³/mol. The fourth-order valence-corrected chi connectivity index (χ4v) is 1.82. The molecule has 0 heterocycles. The minimum atomic E-state index is -4.18. The predicted octanol–water partition coefficient (Wildman–Crippen LogP) is 2.28. The van der Waals surface area contributed by atoms with E-state index in [-0.39, 0.29) is 34.5 Å². The van der Waals surface area contributed by atoms with Crippen LogP contribution in [0.5, 0.6) is 0 Å². The van der Waals surface area contributed by atoms with Gasteiger partial charge in [0.25, 0.3) is 10.1 Å². The summed E-state index contributed by atoms with van der Waals surface area (Å²) in [6.07, 6.45) is 0. The molecule has 0 unspecified atom stereocenters. The van der Waals surface area contributed by atoms with Crippen molar-refractivity contribution < 1.29 is 13.0 Å². The van der Waals surface area contributed by atoms with E-state index in [0.29, 0.717) is 17.1 Å². The topological polar surface area (TPSA) is 105 Å². The van der Waals surface area contributed by atoms with Gasteiger partial charge in [0.2, 0.25) is 0 Å². The van der Waals surface area contributed by atoms with Crippen LogP contribution in [0.3, 0.4) is 0 Å². The number of nitrogen functional groups attached to an aromatic ring is 1. The Morgan fingerprint density at radius 2 is 1.25 bits per heavy atom. The summed E-state index contributed by atoms with van der Waals surface area (Å²) >= 11 is 0. The van der Waals surface area contributed by atoms with E-state index in [1.165, 1.54) is 24.3 Å². The summed E-state index contributed by atoms with van der Waals surface area (Å²) in [5.41, 5.74) is 7.28. The monoisotopic (exact) mass is 301 g/mol. The van der Waals surface area contributed by atoms with Crippen LogP contribution in [0, 0.1) is 0 Å². The molecule has 3 N–H and O–H groups in total. The van der Waals surface area contributed by atoms with Gasteiger partial charge in [0.05, 0.1) is 16.3 Å². The van der Waals surface area contributed by atoms with Crippen molar-refractivity contribution in [3.63, 3.8) is 0 Å². The molecular formula is C12H12N3NaO3S. The van der Waals surface area contributed by atoms with Crippen molar-refractivity contribution in [3.8, 4) is 0 Å². The number of nitrogens with zero attached hydrogens (tertiary/aromatic N) is 2. The SMILES string of the molecule is Nc1ccc(N=Nc2ccc(S(=O)(=O)O)cc2)cc1.[NaH]. The number of nitrogens with two attached hydrogens (primary N) is 1. The third kappa shape index (κ3) is 4.69. The second-order valence-corrected chi connectivity index (χ2v) is 5.18. The molecule has 0 aliphatic carbocycles. The van der Waals surface area contributed by atoms with E-state index in [1.807, 2.05) is 0 Å². The Labute approximate surface area is 138 Å². The normalized spacial score (nSPS) is 11.2. The second-order valence-electron chi connectivity index (χ2n) is 3.76. The van der Waals surface area contributed by atoms with Gasteiger partial charge in [0, 0.05) is 5.69 Å². The summed E-state index contributed by atoms with van der Waals surface area (Å²) in [7, 11) is -4.18. The molecular weight excluding hydrogens is 289 g/mol. The maximum absolute atomic E-state index is 10.8. The summed E-state index contributed by atoms with van der Waals surface area (Å²) in [6.45, 7) is 0. The molecule has 6 nitrogen and oxygen atoms in total. The summed E-state index contributed by atoms with van der Waals surface area (Å²) in [5.74, 6) is 0. The van der Waals surface area contributed by atoms with Crippen LogP contribution in [0.1, 0.15) is 0 Å². The van der Waals surface area contributed by atoms with Gasteiger partial charge in [0.15, 0.2) is 0 Å². The van der Waals surface area contributed by atoms with Gasteiger partial charge in [-0.1, -0.05) is 0 Å². The van der Waals surface area contributed by atoms with E-state index in [4.69, 9.17) is 10.3 Å². The van der Waals surface area contributed by atoms with Crippen molar-refractivity contribution in [2.24, 2.45) is 10.2 Å². The summed E-state index contributed by atoms with van der Waals surface area (Å²) in [4.78, 5) is -0.182. The molecule has 8 heteroatoms. The maximum atomic E-state index is 10.8. The number of benzene rings is 2. The number of rotatable bonds is 3. The Kier molecular flexibility index (Phi) is 5.85. The summed E-state index contributed by atoms with van der Waals surface area (Å²) in [6, 6.07) is 12.2. The molecule has 2 aromatic carbocycles. The first kappa shape index (κ1) is 16.8. The first-order valence-corrected chi connectivity index (χ1v) is 6.74.